The van der Waals surface area contributed by atoms with Gasteiger partial charge in [-0.15, -0.1) is 6.58 Å². The number of nitriles is 1. The monoisotopic (exact) mass is 382 g/mol. The van der Waals surface area contributed by atoms with Crippen molar-refractivity contribution in [3.63, 3.8) is 0 Å². The molecule has 3 rings (SSSR count). The number of benzene rings is 3. The van der Waals surface area contributed by atoms with Gasteiger partial charge < -0.3 is 9.64 Å². The third-order valence-corrected chi connectivity index (χ3v) is 4.49. The van der Waals surface area contributed by atoms with Crippen molar-refractivity contribution >= 4 is 5.91 Å². The van der Waals surface area contributed by atoms with Gasteiger partial charge in [-0.25, -0.2) is 0 Å². The second-order valence-electron chi connectivity index (χ2n) is 6.46. The third kappa shape index (κ3) is 4.91. The minimum absolute atomic E-state index is 0.227. The van der Waals surface area contributed by atoms with Crippen LogP contribution >= 0.6 is 0 Å². The average molecular weight is 382 g/mol. The van der Waals surface area contributed by atoms with Gasteiger partial charge in [-0.2, -0.15) is 5.26 Å². The zero-order valence-corrected chi connectivity index (χ0v) is 16.1. The lowest BCUT2D eigenvalue weighted by molar-refractivity contribution is 0.0736. The standard InChI is InChI=1S/C25H22N2O2/c1-2-17-27(25(28)21-13-7-4-8-14-21)23(18-26)22-15-9-10-16-24(22)29-19-20-11-5-3-6-12-20/h2-16,23H,1,17,19H2. The largest absolute Gasteiger partial charge is 0.489 e. The molecule has 0 saturated carbocycles. The zero-order chi connectivity index (χ0) is 20.5. The summed E-state index contributed by atoms with van der Waals surface area (Å²) < 4.78 is 6.00. The molecule has 0 fully saturated rings. The number of ether oxygens (including phenoxy) is 1. The zero-order valence-electron chi connectivity index (χ0n) is 16.1. The van der Waals surface area contributed by atoms with Gasteiger partial charge in [0.2, 0.25) is 0 Å². The van der Waals surface area contributed by atoms with Crippen molar-refractivity contribution in [2.45, 2.75) is 12.6 Å². The quantitative estimate of drug-likeness (QED) is 0.506. The predicted molar refractivity (Wildman–Crippen MR) is 113 cm³/mol. The van der Waals surface area contributed by atoms with Gasteiger partial charge in [-0.1, -0.05) is 72.8 Å². The van der Waals surface area contributed by atoms with Gasteiger partial charge in [0.15, 0.2) is 0 Å². The molecule has 0 aliphatic rings. The fourth-order valence-corrected chi connectivity index (χ4v) is 3.07. The minimum Gasteiger partial charge on any atom is -0.489 e. The van der Waals surface area contributed by atoms with E-state index in [0.29, 0.717) is 23.5 Å². The Hall–Kier alpha value is -3.84. The third-order valence-electron chi connectivity index (χ3n) is 4.49. The lowest BCUT2D eigenvalue weighted by Gasteiger charge is -2.28. The van der Waals surface area contributed by atoms with Gasteiger partial charge in [0.05, 0.1) is 6.07 Å². The van der Waals surface area contributed by atoms with Gasteiger partial charge in [0, 0.05) is 17.7 Å². The lowest BCUT2D eigenvalue weighted by atomic mass is 10.0. The molecule has 4 heteroatoms. The summed E-state index contributed by atoms with van der Waals surface area (Å²) in [5.41, 5.74) is 2.20. The van der Waals surface area contributed by atoms with Gasteiger partial charge in [-0.05, 0) is 23.8 Å². The van der Waals surface area contributed by atoms with E-state index in [1.807, 2.05) is 60.7 Å². The number of para-hydroxylation sites is 1. The number of carbonyl (C=O) groups is 1. The van der Waals surface area contributed by atoms with Gasteiger partial charge in [0.25, 0.3) is 5.91 Å². The fourth-order valence-electron chi connectivity index (χ4n) is 3.07. The SMILES string of the molecule is C=CCN(C(=O)c1ccccc1)C(C#N)c1ccccc1OCc1ccccc1. The molecule has 0 aromatic heterocycles. The van der Waals surface area contributed by atoms with Gasteiger partial charge in [-0.3, -0.25) is 4.79 Å². The topological polar surface area (TPSA) is 53.3 Å². The molecule has 144 valence electrons. The summed E-state index contributed by atoms with van der Waals surface area (Å²) in [4.78, 5) is 14.6. The molecule has 0 spiro atoms. The van der Waals surface area contributed by atoms with Crippen molar-refractivity contribution in [2.24, 2.45) is 0 Å². The van der Waals surface area contributed by atoms with E-state index in [1.165, 1.54) is 4.90 Å². The van der Waals surface area contributed by atoms with Crippen LogP contribution in [-0.2, 0) is 6.61 Å². The summed E-state index contributed by atoms with van der Waals surface area (Å²) >= 11 is 0. The maximum atomic E-state index is 13.1. The van der Waals surface area contributed by atoms with Crippen LogP contribution in [0.2, 0.25) is 0 Å². The van der Waals surface area contributed by atoms with Crippen LogP contribution in [0.4, 0.5) is 0 Å². The van der Waals surface area contributed by atoms with Gasteiger partial charge in [0.1, 0.15) is 18.4 Å². The van der Waals surface area contributed by atoms with Crippen LogP contribution in [0.15, 0.2) is 97.6 Å². The summed E-state index contributed by atoms with van der Waals surface area (Å²) in [6, 6.07) is 27.6. The van der Waals surface area contributed by atoms with Crippen LogP contribution in [0.25, 0.3) is 0 Å². The molecule has 0 heterocycles. The van der Waals surface area contributed by atoms with Crippen LogP contribution in [0.1, 0.15) is 27.5 Å². The summed E-state index contributed by atoms with van der Waals surface area (Å²) in [5.74, 6) is 0.354. The molecule has 0 aliphatic carbocycles. The Kier molecular flexibility index (Phi) is 6.80. The molecular weight excluding hydrogens is 360 g/mol. The first-order valence-electron chi connectivity index (χ1n) is 9.36. The second-order valence-corrected chi connectivity index (χ2v) is 6.46. The van der Waals surface area contributed by atoms with E-state index in [-0.39, 0.29) is 12.5 Å². The van der Waals surface area contributed by atoms with E-state index in [9.17, 15) is 10.1 Å². The Labute approximate surface area is 171 Å². The van der Waals surface area contributed by atoms with E-state index in [2.05, 4.69) is 12.6 Å². The number of nitrogens with zero attached hydrogens (tertiary/aromatic N) is 2. The summed E-state index contributed by atoms with van der Waals surface area (Å²) in [5, 5.41) is 9.95. The molecule has 0 N–H and O–H groups in total. The molecular formula is C25H22N2O2. The van der Waals surface area contributed by atoms with Crippen molar-refractivity contribution < 1.29 is 9.53 Å². The van der Waals surface area contributed by atoms with E-state index in [0.717, 1.165) is 5.56 Å². The fraction of sp³-hybridized carbons (Fsp3) is 0.120. The first-order valence-corrected chi connectivity index (χ1v) is 9.36. The molecule has 0 radical (unpaired) electrons. The highest BCUT2D eigenvalue weighted by atomic mass is 16.5. The molecule has 1 atom stereocenters. The van der Waals surface area contributed by atoms with Crippen molar-refractivity contribution in [3.05, 3.63) is 114 Å². The van der Waals surface area contributed by atoms with Crippen LogP contribution in [0.3, 0.4) is 0 Å². The van der Waals surface area contributed by atoms with Crippen molar-refractivity contribution in [3.8, 4) is 11.8 Å². The Morgan fingerprint density at radius 2 is 1.62 bits per heavy atom. The minimum atomic E-state index is -0.798. The van der Waals surface area contributed by atoms with Crippen LogP contribution in [0.5, 0.6) is 5.75 Å². The highest BCUT2D eigenvalue weighted by molar-refractivity contribution is 5.94. The number of hydrogen-bond acceptors (Lipinski definition) is 3. The molecule has 0 saturated heterocycles. The second kappa shape index (κ2) is 9.91. The maximum Gasteiger partial charge on any atom is 0.255 e. The number of carbonyl (C=O) groups excluding carboxylic acids is 1. The van der Waals surface area contributed by atoms with Crippen molar-refractivity contribution in [1.82, 2.24) is 4.90 Å². The number of amides is 1. The lowest BCUT2D eigenvalue weighted by Crippen LogP contribution is -2.34. The average Bonchev–Trinajstić information content (AvgIpc) is 2.79. The molecule has 0 bridgehead atoms. The van der Waals surface area contributed by atoms with E-state index in [4.69, 9.17) is 4.74 Å². The molecule has 0 aliphatic heterocycles. The van der Waals surface area contributed by atoms with E-state index < -0.39 is 6.04 Å². The predicted octanol–water partition coefficient (Wildman–Crippen LogP) is 5.16. The Bertz CT molecular complexity index is 994. The Morgan fingerprint density at radius 3 is 2.28 bits per heavy atom. The molecule has 1 unspecified atom stereocenters. The summed E-state index contributed by atoms with van der Waals surface area (Å²) in [6.07, 6.45) is 1.62. The van der Waals surface area contributed by atoms with Crippen LogP contribution < -0.4 is 4.74 Å². The first kappa shape index (κ1) is 19.9. The molecule has 4 nitrogen and oxygen atoms in total. The smallest absolute Gasteiger partial charge is 0.255 e. The normalized spacial score (nSPS) is 11.1. The van der Waals surface area contributed by atoms with Crippen molar-refractivity contribution in [1.29, 1.82) is 5.26 Å². The number of rotatable bonds is 8. The molecule has 29 heavy (non-hydrogen) atoms. The van der Waals surface area contributed by atoms with E-state index in [1.54, 1.807) is 30.3 Å². The van der Waals surface area contributed by atoms with Crippen LogP contribution in [-0.4, -0.2) is 17.4 Å². The van der Waals surface area contributed by atoms with Crippen molar-refractivity contribution in [2.75, 3.05) is 6.54 Å². The number of hydrogen-bond donors (Lipinski definition) is 0. The molecule has 3 aromatic rings. The van der Waals surface area contributed by atoms with Crippen LogP contribution in [0, 0.1) is 11.3 Å². The first-order chi connectivity index (χ1) is 14.2. The molecule has 1 amide bonds. The highest BCUT2D eigenvalue weighted by Gasteiger charge is 2.27. The molecule has 3 aromatic carbocycles. The summed E-state index contributed by atoms with van der Waals surface area (Å²) in [6.45, 7) is 4.38. The highest BCUT2D eigenvalue weighted by Crippen LogP contribution is 2.30. The van der Waals surface area contributed by atoms with E-state index >= 15 is 0 Å². The Morgan fingerprint density at radius 1 is 1.00 bits per heavy atom. The Balaban J connectivity index is 1.90. The maximum absolute atomic E-state index is 13.1. The summed E-state index contributed by atoms with van der Waals surface area (Å²) in [7, 11) is 0. The van der Waals surface area contributed by atoms with Gasteiger partial charge >= 0.3 is 0 Å².